The molecule has 1 fully saturated rings. The van der Waals surface area contributed by atoms with Crippen LogP contribution in [0.25, 0.3) is 0 Å². The van der Waals surface area contributed by atoms with E-state index in [2.05, 4.69) is 0 Å². The molecule has 1 rings (SSSR count). The average molecular weight is 298 g/mol. The van der Waals surface area contributed by atoms with Crippen molar-refractivity contribution in [3.05, 3.63) is 0 Å². The Bertz CT molecular complexity index is 397. The number of likely N-dealkylation sites (N-methyl/N-ethyl adjacent to an activating group) is 1. The van der Waals surface area contributed by atoms with E-state index in [0.717, 1.165) is 6.42 Å². The maximum atomic E-state index is 12.2. The molecule has 0 aromatic rings. The first-order valence-corrected chi connectivity index (χ1v) is 7.59. The molecule has 0 bridgehead atoms. The van der Waals surface area contributed by atoms with Gasteiger partial charge in [0.05, 0.1) is 12.5 Å². The summed E-state index contributed by atoms with van der Waals surface area (Å²) >= 11 is 0. The van der Waals surface area contributed by atoms with Crippen LogP contribution in [0.3, 0.4) is 0 Å². The highest BCUT2D eigenvalue weighted by molar-refractivity contribution is 5.85. The lowest BCUT2D eigenvalue weighted by molar-refractivity contribution is -0.147. The van der Waals surface area contributed by atoms with E-state index < -0.39 is 11.9 Å². The highest BCUT2D eigenvalue weighted by atomic mass is 16.4. The maximum absolute atomic E-state index is 12.2. The zero-order valence-corrected chi connectivity index (χ0v) is 13.2. The largest absolute Gasteiger partial charge is 0.481 e. The molecule has 2 unspecified atom stereocenters. The molecular weight excluding hydrogens is 272 g/mol. The molecule has 0 spiro atoms. The summed E-state index contributed by atoms with van der Waals surface area (Å²) < 4.78 is 0. The third kappa shape index (κ3) is 5.36. The predicted octanol–water partition coefficient (Wildman–Crippen LogP) is 1.20. The number of carbonyl (C=O) groups is 3. The minimum Gasteiger partial charge on any atom is -0.481 e. The number of rotatable bonds is 6. The van der Waals surface area contributed by atoms with E-state index in [1.807, 2.05) is 13.8 Å². The Morgan fingerprint density at radius 3 is 2.62 bits per heavy atom. The van der Waals surface area contributed by atoms with Crippen molar-refractivity contribution in [3.63, 3.8) is 0 Å². The van der Waals surface area contributed by atoms with Crippen LogP contribution in [0.2, 0.25) is 0 Å². The van der Waals surface area contributed by atoms with Gasteiger partial charge in [-0.05, 0) is 18.8 Å². The van der Waals surface area contributed by atoms with Crippen LogP contribution in [0.1, 0.15) is 39.5 Å². The van der Waals surface area contributed by atoms with Crippen LogP contribution in [-0.2, 0) is 14.4 Å². The van der Waals surface area contributed by atoms with Crippen molar-refractivity contribution in [1.29, 1.82) is 0 Å². The molecule has 120 valence electrons. The van der Waals surface area contributed by atoms with E-state index in [1.54, 1.807) is 11.9 Å². The standard InChI is InChI=1S/C15H26N2O4/c1-4-11(2)8-13(18)16(3)10-14(19)17-7-5-6-12(9-17)15(20)21/h11-12H,4-10H2,1-3H3,(H,20,21). The van der Waals surface area contributed by atoms with Gasteiger partial charge in [-0.3, -0.25) is 14.4 Å². The Balaban J connectivity index is 2.48. The number of likely N-dealkylation sites (tertiary alicyclic amines) is 1. The molecule has 2 atom stereocenters. The molecule has 0 aliphatic carbocycles. The Morgan fingerprint density at radius 2 is 2.05 bits per heavy atom. The molecule has 0 radical (unpaired) electrons. The van der Waals surface area contributed by atoms with Gasteiger partial charge in [-0.1, -0.05) is 20.3 Å². The Hall–Kier alpha value is -1.59. The number of nitrogens with zero attached hydrogens (tertiary/aromatic N) is 2. The second kappa shape index (κ2) is 8.00. The Morgan fingerprint density at radius 1 is 1.38 bits per heavy atom. The van der Waals surface area contributed by atoms with Crippen LogP contribution >= 0.6 is 0 Å². The van der Waals surface area contributed by atoms with Crippen molar-refractivity contribution in [2.24, 2.45) is 11.8 Å². The van der Waals surface area contributed by atoms with E-state index in [4.69, 9.17) is 5.11 Å². The number of hydrogen-bond donors (Lipinski definition) is 1. The summed E-state index contributed by atoms with van der Waals surface area (Å²) in [5.74, 6) is -1.23. The summed E-state index contributed by atoms with van der Waals surface area (Å²) in [7, 11) is 1.63. The summed E-state index contributed by atoms with van der Waals surface area (Å²) in [6, 6.07) is 0. The van der Waals surface area contributed by atoms with Crippen molar-refractivity contribution >= 4 is 17.8 Å². The van der Waals surface area contributed by atoms with Crippen LogP contribution in [0, 0.1) is 11.8 Å². The summed E-state index contributed by atoms with van der Waals surface area (Å²) in [5.41, 5.74) is 0. The SMILES string of the molecule is CCC(C)CC(=O)N(C)CC(=O)N1CCCC(C(=O)O)C1. The number of piperidine rings is 1. The van der Waals surface area contributed by atoms with Crippen molar-refractivity contribution < 1.29 is 19.5 Å². The second-order valence-corrected chi connectivity index (χ2v) is 5.98. The molecule has 1 saturated heterocycles. The van der Waals surface area contributed by atoms with Crippen LogP contribution < -0.4 is 0 Å². The fourth-order valence-electron chi connectivity index (χ4n) is 2.39. The van der Waals surface area contributed by atoms with Gasteiger partial charge in [-0.15, -0.1) is 0 Å². The van der Waals surface area contributed by atoms with Crippen molar-refractivity contribution in [2.75, 3.05) is 26.7 Å². The quantitative estimate of drug-likeness (QED) is 0.799. The summed E-state index contributed by atoms with van der Waals surface area (Å²) in [6.07, 6.45) is 2.69. The van der Waals surface area contributed by atoms with Gasteiger partial charge in [0.15, 0.2) is 0 Å². The molecular formula is C15H26N2O4. The summed E-state index contributed by atoms with van der Waals surface area (Å²) in [6.45, 7) is 4.90. The smallest absolute Gasteiger partial charge is 0.308 e. The van der Waals surface area contributed by atoms with Gasteiger partial charge < -0.3 is 14.9 Å². The van der Waals surface area contributed by atoms with Gasteiger partial charge >= 0.3 is 5.97 Å². The lowest BCUT2D eigenvalue weighted by Crippen LogP contribution is -2.47. The number of aliphatic carboxylic acids is 1. The Labute approximate surface area is 126 Å². The van der Waals surface area contributed by atoms with E-state index in [-0.39, 0.29) is 24.9 Å². The van der Waals surface area contributed by atoms with Crippen LogP contribution in [-0.4, -0.2) is 59.4 Å². The number of carboxylic acid groups (broad SMARTS) is 1. The third-order valence-corrected chi connectivity index (χ3v) is 4.14. The molecule has 1 aliphatic heterocycles. The predicted molar refractivity (Wildman–Crippen MR) is 78.6 cm³/mol. The minimum atomic E-state index is -0.853. The molecule has 0 aromatic heterocycles. The average Bonchev–Trinajstić information content (AvgIpc) is 2.46. The molecule has 1 N–H and O–H groups in total. The molecule has 21 heavy (non-hydrogen) atoms. The fraction of sp³-hybridized carbons (Fsp3) is 0.800. The van der Waals surface area contributed by atoms with Crippen molar-refractivity contribution in [1.82, 2.24) is 9.80 Å². The lowest BCUT2D eigenvalue weighted by Gasteiger charge is -2.32. The number of amides is 2. The van der Waals surface area contributed by atoms with Crippen LogP contribution in [0.4, 0.5) is 0 Å². The zero-order valence-electron chi connectivity index (χ0n) is 13.2. The number of carbonyl (C=O) groups excluding carboxylic acids is 2. The highest BCUT2D eigenvalue weighted by Crippen LogP contribution is 2.17. The molecule has 2 amide bonds. The fourth-order valence-corrected chi connectivity index (χ4v) is 2.39. The van der Waals surface area contributed by atoms with Gasteiger partial charge in [0.25, 0.3) is 0 Å². The first-order valence-electron chi connectivity index (χ1n) is 7.59. The second-order valence-electron chi connectivity index (χ2n) is 5.98. The van der Waals surface area contributed by atoms with Crippen molar-refractivity contribution in [2.45, 2.75) is 39.5 Å². The summed E-state index contributed by atoms with van der Waals surface area (Å²) in [5, 5.41) is 9.03. The van der Waals surface area contributed by atoms with Crippen LogP contribution in [0.5, 0.6) is 0 Å². The van der Waals surface area contributed by atoms with Crippen LogP contribution in [0.15, 0.2) is 0 Å². The molecule has 6 heteroatoms. The van der Waals surface area contributed by atoms with E-state index >= 15 is 0 Å². The maximum Gasteiger partial charge on any atom is 0.308 e. The van der Waals surface area contributed by atoms with E-state index in [0.29, 0.717) is 31.7 Å². The lowest BCUT2D eigenvalue weighted by atomic mass is 9.98. The summed E-state index contributed by atoms with van der Waals surface area (Å²) in [4.78, 5) is 38.2. The topological polar surface area (TPSA) is 77.9 Å². The first-order chi connectivity index (χ1) is 9.85. The molecule has 1 heterocycles. The van der Waals surface area contributed by atoms with E-state index in [1.165, 1.54) is 4.90 Å². The zero-order chi connectivity index (χ0) is 16.0. The van der Waals surface area contributed by atoms with Gasteiger partial charge in [-0.2, -0.15) is 0 Å². The third-order valence-electron chi connectivity index (χ3n) is 4.14. The molecule has 0 saturated carbocycles. The molecule has 0 aromatic carbocycles. The van der Waals surface area contributed by atoms with Gasteiger partial charge in [0.1, 0.15) is 0 Å². The monoisotopic (exact) mass is 298 g/mol. The number of carboxylic acids is 1. The minimum absolute atomic E-state index is 0.0294. The first kappa shape index (κ1) is 17.5. The van der Waals surface area contributed by atoms with Gasteiger partial charge in [0, 0.05) is 26.6 Å². The number of hydrogen-bond acceptors (Lipinski definition) is 3. The van der Waals surface area contributed by atoms with Gasteiger partial charge in [-0.25, -0.2) is 0 Å². The Kier molecular flexibility index (Phi) is 6.65. The normalized spacial score (nSPS) is 20.0. The van der Waals surface area contributed by atoms with Gasteiger partial charge in [0.2, 0.25) is 11.8 Å². The molecule has 1 aliphatic rings. The molecule has 6 nitrogen and oxygen atoms in total. The van der Waals surface area contributed by atoms with E-state index in [9.17, 15) is 14.4 Å². The highest BCUT2D eigenvalue weighted by Gasteiger charge is 2.29. The van der Waals surface area contributed by atoms with Crippen molar-refractivity contribution in [3.8, 4) is 0 Å².